The van der Waals surface area contributed by atoms with Crippen LogP contribution in [-0.4, -0.2) is 18.7 Å². The van der Waals surface area contributed by atoms with Crippen LogP contribution in [0, 0.1) is 3.57 Å². The molecule has 0 unspecified atom stereocenters. The molecule has 0 saturated carbocycles. The van der Waals surface area contributed by atoms with Gasteiger partial charge in [-0.25, -0.2) is 5.43 Å². The molecule has 5 heteroatoms. The van der Waals surface area contributed by atoms with Crippen molar-refractivity contribution < 1.29 is 9.53 Å². The number of ether oxygens (including phenoxy) is 1. The highest BCUT2D eigenvalue weighted by atomic mass is 127. The van der Waals surface area contributed by atoms with E-state index < -0.39 is 0 Å². The molecule has 0 atom stereocenters. The minimum absolute atomic E-state index is 0.207. The molecular formula is C18H17IN2O2. The molecule has 0 saturated heterocycles. The van der Waals surface area contributed by atoms with E-state index in [2.05, 4.69) is 45.3 Å². The topological polar surface area (TPSA) is 50.7 Å². The zero-order chi connectivity index (χ0) is 16.2. The predicted molar refractivity (Wildman–Crippen MR) is 99.1 cm³/mol. The number of amides is 1. The first kappa shape index (κ1) is 16.0. The van der Waals surface area contributed by atoms with Gasteiger partial charge in [-0.2, -0.15) is 5.10 Å². The molecule has 1 amide bonds. The molecule has 1 aliphatic carbocycles. The second-order valence-corrected chi connectivity index (χ2v) is 6.52. The molecule has 2 aromatic carbocycles. The van der Waals surface area contributed by atoms with Crippen molar-refractivity contribution in [3.05, 3.63) is 62.7 Å². The van der Waals surface area contributed by atoms with E-state index in [1.165, 1.54) is 5.56 Å². The molecule has 23 heavy (non-hydrogen) atoms. The average Bonchev–Trinajstić information content (AvgIpc) is 2.59. The first-order valence-corrected chi connectivity index (χ1v) is 8.55. The number of aryl methyl sites for hydroxylation is 1. The van der Waals surface area contributed by atoms with Crippen LogP contribution in [0.1, 0.15) is 34.3 Å². The van der Waals surface area contributed by atoms with Crippen LogP contribution in [0.15, 0.2) is 47.6 Å². The summed E-state index contributed by atoms with van der Waals surface area (Å²) < 4.78 is 6.10. The van der Waals surface area contributed by atoms with Gasteiger partial charge in [-0.3, -0.25) is 4.79 Å². The van der Waals surface area contributed by atoms with Crippen molar-refractivity contribution in [2.75, 3.05) is 7.11 Å². The number of rotatable bonds is 3. The number of hydrogen-bond acceptors (Lipinski definition) is 3. The second kappa shape index (κ2) is 7.12. The summed E-state index contributed by atoms with van der Waals surface area (Å²) in [6.45, 7) is 0. The fraction of sp³-hybridized carbons (Fsp3) is 0.222. The van der Waals surface area contributed by atoms with Crippen LogP contribution in [-0.2, 0) is 6.42 Å². The minimum atomic E-state index is -0.207. The first-order valence-electron chi connectivity index (χ1n) is 7.48. The lowest BCUT2D eigenvalue weighted by molar-refractivity contribution is 0.0954. The fourth-order valence-corrected chi connectivity index (χ4v) is 3.44. The van der Waals surface area contributed by atoms with Gasteiger partial charge in [0, 0.05) is 11.1 Å². The van der Waals surface area contributed by atoms with E-state index in [0.717, 1.165) is 39.9 Å². The van der Waals surface area contributed by atoms with Gasteiger partial charge in [0.25, 0.3) is 5.91 Å². The number of nitrogens with one attached hydrogen (secondary N) is 1. The van der Waals surface area contributed by atoms with Crippen LogP contribution in [0.2, 0.25) is 0 Å². The highest BCUT2D eigenvalue weighted by molar-refractivity contribution is 14.1. The maximum Gasteiger partial charge on any atom is 0.271 e. The number of methoxy groups -OCH3 is 1. The highest BCUT2D eigenvalue weighted by Crippen LogP contribution is 2.22. The Labute approximate surface area is 149 Å². The lowest BCUT2D eigenvalue weighted by atomic mass is 9.90. The summed E-state index contributed by atoms with van der Waals surface area (Å²) in [6.07, 6.45) is 3.02. The standard InChI is InChI=1S/C18H17IN2O2/c1-23-17-10-9-13(11-15(17)19)18(22)21-20-16-8-4-6-12-5-2-3-7-14(12)16/h2-3,5,7,9-11H,4,6,8H2,1H3,(H,21,22). The van der Waals surface area contributed by atoms with Crippen molar-refractivity contribution in [3.8, 4) is 5.75 Å². The minimum Gasteiger partial charge on any atom is -0.496 e. The van der Waals surface area contributed by atoms with Gasteiger partial charge in [0.15, 0.2) is 0 Å². The van der Waals surface area contributed by atoms with Gasteiger partial charge in [-0.05, 0) is 65.6 Å². The van der Waals surface area contributed by atoms with E-state index in [-0.39, 0.29) is 5.91 Å². The van der Waals surface area contributed by atoms with Crippen LogP contribution in [0.3, 0.4) is 0 Å². The largest absolute Gasteiger partial charge is 0.496 e. The zero-order valence-corrected chi connectivity index (χ0v) is 15.0. The molecule has 0 fully saturated rings. The molecule has 3 rings (SSSR count). The highest BCUT2D eigenvalue weighted by Gasteiger charge is 2.15. The number of nitrogens with zero attached hydrogens (tertiary/aromatic N) is 1. The Morgan fingerprint density at radius 2 is 2.04 bits per heavy atom. The number of hydrazone groups is 1. The summed E-state index contributed by atoms with van der Waals surface area (Å²) in [7, 11) is 1.61. The average molecular weight is 420 g/mol. The van der Waals surface area contributed by atoms with E-state index in [1.807, 2.05) is 12.1 Å². The van der Waals surface area contributed by atoms with Gasteiger partial charge in [-0.15, -0.1) is 0 Å². The molecule has 0 bridgehead atoms. The van der Waals surface area contributed by atoms with Gasteiger partial charge in [0.1, 0.15) is 5.75 Å². The second-order valence-electron chi connectivity index (χ2n) is 5.36. The van der Waals surface area contributed by atoms with Crippen LogP contribution in [0.5, 0.6) is 5.75 Å². The Balaban J connectivity index is 1.78. The molecule has 4 nitrogen and oxygen atoms in total. The molecule has 0 aliphatic heterocycles. The van der Waals surface area contributed by atoms with Gasteiger partial charge in [-0.1, -0.05) is 24.3 Å². The van der Waals surface area contributed by atoms with Gasteiger partial charge < -0.3 is 4.74 Å². The molecule has 118 valence electrons. The Morgan fingerprint density at radius 3 is 2.83 bits per heavy atom. The lowest BCUT2D eigenvalue weighted by Crippen LogP contribution is -2.22. The predicted octanol–water partition coefficient (Wildman–Crippen LogP) is 3.77. The van der Waals surface area contributed by atoms with Crippen molar-refractivity contribution in [3.63, 3.8) is 0 Å². The quantitative estimate of drug-likeness (QED) is 0.607. The normalized spacial score (nSPS) is 15.1. The van der Waals surface area contributed by atoms with Crippen LogP contribution in [0.4, 0.5) is 0 Å². The van der Waals surface area contributed by atoms with Crippen molar-refractivity contribution in [1.82, 2.24) is 5.43 Å². The third-order valence-electron chi connectivity index (χ3n) is 3.89. The molecule has 0 heterocycles. The first-order chi connectivity index (χ1) is 11.2. The molecule has 0 aromatic heterocycles. The summed E-state index contributed by atoms with van der Waals surface area (Å²) in [5.74, 6) is 0.552. The summed E-state index contributed by atoms with van der Waals surface area (Å²) in [6, 6.07) is 13.6. The molecule has 0 spiro atoms. The van der Waals surface area contributed by atoms with Crippen LogP contribution >= 0.6 is 22.6 Å². The number of carbonyl (C=O) groups excluding carboxylic acids is 1. The maximum atomic E-state index is 12.3. The number of hydrogen-bond donors (Lipinski definition) is 1. The maximum absolute atomic E-state index is 12.3. The van der Waals surface area contributed by atoms with E-state index in [4.69, 9.17) is 4.74 Å². The Morgan fingerprint density at radius 1 is 1.22 bits per heavy atom. The zero-order valence-electron chi connectivity index (χ0n) is 12.8. The van der Waals surface area contributed by atoms with E-state index >= 15 is 0 Å². The van der Waals surface area contributed by atoms with Gasteiger partial charge in [0.05, 0.1) is 16.4 Å². The number of benzene rings is 2. The van der Waals surface area contributed by atoms with Gasteiger partial charge in [0.2, 0.25) is 0 Å². The summed E-state index contributed by atoms with van der Waals surface area (Å²) >= 11 is 2.15. The summed E-state index contributed by atoms with van der Waals surface area (Å²) in [4.78, 5) is 12.3. The van der Waals surface area contributed by atoms with Crippen LogP contribution in [0.25, 0.3) is 0 Å². The van der Waals surface area contributed by atoms with Crippen molar-refractivity contribution in [2.45, 2.75) is 19.3 Å². The monoisotopic (exact) mass is 420 g/mol. The number of halogens is 1. The van der Waals surface area contributed by atoms with Crippen molar-refractivity contribution >= 4 is 34.2 Å². The number of carbonyl (C=O) groups is 1. The lowest BCUT2D eigenvalue weighted by Gasteiger charge is -2.17. The summed E-state index contributed by atoms with van der Waals surface area (Å²) in [5.41, 5.74) is 6.64. The molecule has 0 radical (unpaired) electrons. The van der Waals surface area contributed by atoms with Crippen molar-refractivity contribution in [2.24, 2.45) is 5.10 Å². The molecular weight excluding hydrogens is 403 g/mol. The fourth-order valence-electron chi connectivity index (χ4n) is 2.71. The molecule has 1 N–H and O–H groups in total. The number of fused-ring (bicyclic) bond motifs is 1. The van der Waals surface area contributed by atoms with Crippen LogP contribution < -0.4 is 10.2 Å². The Hall–Kier alpha value is -1.89. The Kier molecular flexibility index (Phi) is 4.95. The smallest absolute Gasteiger partial charge is 0.271 e. The summed E-state index contributed by atoms with van der Waals surface area (Å²) in [5, 5.41) is 4.36. The third kappa shape index (κ3) is 3.55. The molecule has 2 aromatic rings. The van der Waals surface area contributed by atoms with Crippen molar-refractivity contribution in [1.29, 1.82) is 0 Å². The van der Waals surface area contributed by atoms with E-state index in [1.54, 1.807) is 25.3 Å². The third-order valence-corrected chi connectivity index (χ3v) is 4.74. The van der Waals surface area contributed by atoms with Gasteiger partial charge >= 0.3 is 0 Å². The SMILES string of the molecule is COc1ccc(C(=O)NN=C2CCCc3ccccc32)cc1I. The van der Waals surface area contributed by atoms with E-state index in [9.17, 15) is 4.79 Å². The van der Waals surface area contributed by atoms with E-state index in [0.29, 0.717) is 5.56 Å². The molecule has 1 aliphatic rings. The Bertz CT molecular complexity index is 771.